The van der Waals surface area contributed by atoms with Crippen molar-refractivity contribution in [1.29, 1.82) is 0 Å². The van der Waals surface area contributed by atoms with Crippen molar-refractivity contribution in [2.45, 2.75) is 70.4 Å². The van der Waals surface area contributed by atoms with Crippen LogP contribution >= 0.6 is 0 Å². The number of hydrogen-bond donors (Lipinski definition) is 4. The van der Waals surface area contributed by atoms with E-state index in [-0.39, 0.29) is 21.8 Å². The Morgan fingerprint density at radius 1 is 0.609 bits per heavy atom. The van der Waals surface area contributed by atoms with Crippen molar-refractivity contribution in [2.75, 3.05) is 13.2 Å². The third-order valence-corrected chi connectivity index (χ3v) is 13.9. The van der Waals surface area contributed by atoms with Crippen LogP contribution in [0.25, 0.3) is 21.8 Å². The van der Waals surface area contributed by atoms with Crippen molar-refractivity contribution in [1.82, 2.24) is 13.9 Å². The molecule has 5 aromatic carbocycles. The molecule has 0 saturated heterocycles. The van der Waals surface area contributed by atoms with E-state index >= 15 is 0 Å². The highest BCUT2D eigenvalue weighted by Gasteiger charge is 2.32. The third-order valence-electron chi connectivity index (χ3n) is 12.5. The number of amides is 3. The topological polar surface area (TPSA) is 249 Å². The number of carboxylic acid groups (broad SMARTS) is 1. The zero-order valence-corrected chi connectivity index (χ0v) is 38.7. The summed E-state index contributed by atoms with van der Waals surface area (Å²) in [6, 6.07) is 30.6. The van der Waals surface area contributed by atoms with E-state index in [2.05, 4.69) is 0 Å². The number of aliphatic carboxylic acids is 1. The first-order valence-electron chi connectivity index (χ1n) is 22.2. The number of ether oxygens (including phenoxy) is 2. The molecule has 0 bridgehead atoms. The molecule has 0 aliphatic heterocycles. The van der Waals surface area contributed by atoms with Gasteiger partial charge in [-0.15, -0.1) is 0 Å². The largest absolute Gasteiger partial charge is 0.483 e. The molecule has 9 rings (SSSR count). The van der Waals surface area contributed by atoms with Gasteiger partial charge < -0.3 is 35.2 Å². The Labute approximate surface area is 396 Å². The first-order chi connectivity index (χ1) is 33.0. The number of sulfonamides is 1. The molecule has 69 heavy (non-hydrogen) atoms. The molecular formula is C52H49N5O11S. The summed E-state index contributed by atoms with van der Waals surface area (Å²) in [5.41, 5.74) is 20.1. The fraction of sp³-hybridized carbons (Fsp3) is 0.231. The van der Waals surface area contributed by atoms with Crippen LogP contribution in [0, 0.1) is 13.8 Å². The number of Topliss-reactive ketones (excluding diaryl/α,β-unsaturated/α-hetero) is 2. The molecule has 7 aromatic rings. The normalized spacial score (nSPS) is 12.7. The molecule has 0 radical (unpaired) electrons. The zero-order chi connectivity index (χ0) is 49.1. The van der Waals surface area contributed by atoms with Gasteiger partial charge in [0.15, 0.2) is 13.2 Å². The molecule has 0 atom stereocenters. The first kappa shape index (κ1) is 47.4. The first-order valence-corrected chi connectivity index (χ1v) is 23.7. The van der Waals surface area contributed by atoms with Crippen LogP contribution in [0.15, 0.2) is 108 Å². The van der Waals surface area contributed by atoms with Crippen LogP contribution in [0.3, 0.4) is 0 Å². The number of ketones is 2. The number of aromatic nitrogens is 2. The Morgan fingerprint density at radius 3 is 1.42 bits per heavy atom. The van der Waals surface area contributed by atoms with Gasteiger partial charge in [0.1, 0.15) is 11.5 Å². The molecule has 2 heterocycles. The maximum absolute atomic E-state index is 13.1. The van der Waals surface area contributed by atoms with Crippen LogP contribution in [0.2, 0.25) is 0 Å². The summed E-state index contributed by atoms with van der Waals surface area (Å²) in [6.45, 7) is 3.32. The van der Waals surface area contributed by atoms with Gasteiger partial charge >= 0.3 is 5.97 Å². The molecule has 17 heteroatoms. The lowest BCUT2D eigenvalue weighted by Gasteiger charge is -2.14. The number of carboxylic acids is 1. The van der Waals surface area contributed by atoms with Gasteiger partial charge in [-0.3, -0.25) is 24.0 Å². The van der Waals surface area contributed by atoms with Crippen molar-refractivity contribution >= 4 is 67.1 Å². The highest BCUT2D eigenvalue weighted by Crippen LogP contribution is 2.43. The minimum atomic E-state index is -4.08. The number of aryl methyl sites for hydroxylation is 4. The number of hydrogen-bond acceptors (Lipinski definition) is 10. The maximum Gasteiger partial charge on any atom is 0.341 e. The van der Waals surface area contributed by atoms with Crippen LogP contribution in [0.4, 0.5) is 0 Å². The van der Waals surface area contributed by atoms with Gasteiger partial charge in [0.05, 0.1) is 37.8 Å². The predicted molar refractivity (Wildman–Crippen MR) is 256 cm³/mol. The van der Waals surface area contributed by atoms with E-state index in [1.165, 1.54) is 12.1 Å². The number of primary amides is 2. The van der Waals surface area contributed by atoms with Crippen molar-refractivity contribution in [3.05, 3.63) is 159 Å². The third kappa shape index (κ3) is 9.58. The van der Waals surface area contributed by atoms with Crippen molar-refractivity contribution < 1.29 is 51.8 Å². The lowest BCUT2D eigenvalue weighted by Crippen LogP contribution is -2.34. The van der Waals surface area contributed by atoms with Crippen molar-refractivity contribution in [3.8, 4) is 11.5 Å². The van der Waals surface area contributed by atoms with Crippen LogP contribution in [0.1, 0.15) is 78.3 Å². The molecule has 354 valence electrons. The highest BCUT2D eigenvalue weighted by atomic mass is 32.2. The van der Waals surface area contributed by atoms with Gasteiger partial charge in [0.25, 0.3) is 39.3 Å². The van der Waals surface area contributed by atoms with Gasteiger partial charge in [-0.25, -0.2) is 17.9 Å². The summed E-state index contributed by atoms with van der Waals surface area (Å²) in [4.78, 5) is 73.4. The van der Waals surface area contributed by atoms with E-state index in [9.17, 15) is 37.2 Å². The van der Waals surface area contributed by atoms with Gasteiger partial charge in [0, 0.05) is 24.5 Å². The average molecular weight is 952 g/mol. The predicted octanol–water partition coefficient (Wildman–Crippen LogP) is 5.66. The summed E-state index contributed by atoms with van der Waals surface area (Å²) < 4.78 is 42.6. The van der Waals surface area contributed by atoms with E-state index in [4.69, 9.17) is 26.0 Å². The van der Waals surface area contributed by atoms with Crippen LogP contribution in [-0.2, 0) is 68.0 Å². The Kier molecular flexibility index (Phi) is 13.5. The van der Waals surface area contributed by atoms with Crippen molar-refractivity contribution in [3.63, 3.8) is 0 Å². The van der Waals surface area contributed by atoms with Gasteiger partial charge in [0.2, 0.25) is 0 Å². The lowest BCUT2D eigenvalue weighted by atomic mass is 10.0. The van der Waals surface area contributed by atoms with Crippen molar-refractivity contribution in [2.24, 2.45) is 11.5 Å². The summed E-state index contributed by atoms with van der Waals surface area (Å²) >= 11 is 0. The second-order valence-electron chi connectivity index (χ2n) is 16.9. The Bertz CT molecular complexity index is 3330. The summed E-state index contributed by atoms with van der Waals surface area (Å²) in [7, 11) is -4.08. The molecule has 0 spiro atoms. The second-order valence-corrected chi connectivity index (χ2v) is 18.6. The number of fused-ring (bicyclic) bond motifs is 6. The average Bonchev–Trinajstić information content (AvgIpc) is 4.12. The number of nitrogens with two attached hydrogens (primary N) is 2. The summed E-state index contributed by atoms with van der Waals surface area (Å²) in [5.74, 6) is -5.30. The van der Waals surface area contributed by atoms with Crippen LogP contribution in [-0.4, -0.2) is 71.1 Å². The number of rotatable bonds is 16. The highest BCUT2D eigenvalue weighted by molar-refractivity contribution is 7.90. The number of benzene rings is 5. The molecule has 6 N–H and O–H groups in total. The van der Waals surface area contributed by atoms with E-state index in [1.807, 2.05) is 74.5 Å². The molecule has 0 saturated carbocycles. The van der Waals surface area contributed by atoms with Crippen LogP contribution in [0.5, 0.6) is 11.5 Å². The SMILES string of the molecule is Cc1c(C(=O)C(N)=O)c2c(OCC(=O)NS(=O)(=O)c3ccccc3)cc3c(c2n1Cc1ccccc1)CCC3.Cc1c(C(=O)C(N)=O)c2c(OCC(=O)O)cc3c(c2n1Cc1ccccc1)CCC3. The summed E-state index contributed by atoms with van der Waals surface area (Å²) in [5, 5.41) is 9.95. The van der Waals surface area contributed by atoms with Gasteiger partial charge in [-0.2, -0.15) is 0 Å². The van der Waals surface area contributed by atoms with Gasteiger partial charge in [-0.05, 0) is 110 Å². The Morgan fingerprint density at radius 2 is 1.01 bits per heavy atom. The fourth-order valence-corrected chi connectivity index (χ4v) is 10.5. The smallest absolute Gasteiger partial charge is 0.341 e. The van der Waals surface area contributed by atoms with Crippen LogP contribution < -0.4 is 25.7 Å². The summed E-state index contributed by atoms with van der Waals surface area (Å²) in [6.07, 6.45) is 5.12. The maximum atomic E-state index is 13.1. The van der Waals surface area contributed by atoms with E-state index < -0.39 is 58.5 Å². The number of carbonyl (C=O) groups excluding carboxylic acids is 5. The Balaban J connectivity index is 0.000000192. The monoisotopic (exact) mass is 951 g/mol. The van der Waals surface area contributed by atoms with E-state index in [0.717, 1.165) is 82.9 Å². The number of nitrogens with one attached hydrogen (secondary N) is 1. The Hall–Kier alpha value is -8.05. The molecule has 0 fully saturated rings. The quantitative estimate of drug-likeness (QED) is 0.0680. The molecule has 0 unspecified atom stereocenters. The molecule has 2 aliphatic carbocycles. The lowest BCUT2D eigenvalue weighted by molar-refractivity contribution is -0.139. The fourth-order valence-electron chi connectivity index (χ4n) is 9.51. The van der Waals surface area contributed by atoms with Gasteiger partial charge in [-0.1, -0.05) is 78.9 Å². The molecule has 16 nitrogen and oxygen atoms in total. The minimum Gasteiger partial charge on any atom is -0.483 e. The second kappa shape index (κ2) is 19.7. The zero-order valence-electron chi connectivity index (χ0n) is 37.9. The number of nitrogens with zero attached hydrogens (tertiary/aromatic N) is 2. The minimum absolute atomic E-state index is 0.0544. The van der Waals surface area contributed by atoms with E-state index in [1.54, 1.807) is 44.2 Å². The standard InChI is InChI=1S/C29H27N3O6S.C23H22N2O5/c1-18-25(28(34)29(30)35)26-23(38-17-24(33)31-39(36,37)21-12-6-3-7-13-21)15-20-11-8-14-22(20)27(26)32(18)16-19-9-4-2-5-10-19;1-13-19(22(28)23(24)29)20-17(30-12-18(26)27)10-15-8-5-9-16(15)21(20)25(13)11-14-6-3-2-4-7-14/h2-7,9-10,12-13,15H,8,11,14,16-17H2,1H3,(H2,30,35)(H,31,33);2-4,6-7,10H,5,8-9,11-12H2,1H3,(H2,24,29)(H,26,27). The van der Waals surface area contributed by atoms with E-state index in [0.29, 0.717) is 41.0 Å². The molecule has 3 amide bonds. The molecular weight excluding hydrogens is 903 g/mol. The molecule has 2 aliphatic rings. The number of carbonyl (C=O) groups is 6. The molecule has 2 aromatic heterocycles.